The minimum atomic E-state index is -2.08. The molecule has 1 fully saturated rings. The third-order valence-electron chi connectivity index (χ3n) is 2.91. The van der Waals surface area contributed by atoms with Crippen LogP contribution in [-0.2, 0) is 4.74 Å². The second-order valence-electron chi connectivity index (χ2n) is 4.38. The summed E-state index contributed by atoms with van der Waals surface area (Å²) in [5.41, 5.74) is 0. The van der Waals surface area contributed by atoms with E-state index in [1.807, 2.05) is 0 Å². The second kappa shape index (κ2) is 6.05. The van der Waals surface area contributed by atoms with Gasteiger partial charge in [-0.2, -0.15) is 0 Å². The average Bonchev–Trinajstić information content (AvgIpc) is 2.29. The van der Waals surface area contributed by atoms with Crippen molar-refractivity contribution in [2.45, 2.75) is 49.5 Å². The summed E-state index contributed by atoms with van der Waals surface area (Å²) in [5, 5.41) is 56.3. The Bertz CT molecular complexity index is 237. The van der Waals surface area contributed by atoms with Crippen molar-refractivity contribution in [3.63, 3.8) is 0 Å². The van der Waals surface area contributed by atoms with Crippen molar-refractivity contribution in [2.75, 3.05) is 13.2 Å². The van der Waals surface area contributed by atoms with Gasteiger partial charge in [0.05, 0.1) is 12.7 Å². The van der Waals surface area contributed by atoms with Crippen LogP contribution in [0.25, 0.3) is 0 Å². The molecule has 0 amide bonds. The summed E-state index contributed by atoms with van der Waals surface area (Å²) in [7, 11) is 0. The lowest BCUT2D eigenvalue weighted by Gasteiger charge is -2.42. The molecule has 7 nitrogen and oxygen atoms in total. The van der Waals surface area contributed by atoms with Gasteiger partial charge in [0.25, 0.3) is 0 Å². The zero-order valence-electron chi connectivity index (χ0n) is 9.44. The lowest BCUT2D eigenvalue weighted by Crippen LogP contribution is -2.61. The third-order valence-corrected chi connectivity index (χ3v) is 2.91. The summed E-state index contributed by atoms with van der Waals surface area (Å²) in [6, 6.07) is 0. The van der Waals surface area contributed by atoms with Crippen molar-refractivity contribution < 1.29 is 35.4 Å². The summed E-state index contributed by atoms with van der Waals surface area (Å²) in [6.45, 7) is -0.401. The first-order chi connectivity index (χ1) is 7.90. The van der Waals surface area contributed by atoms with Gasteiger partial charge in [-0.25, -0.2) is 0 Å². The van der Waals surface area contributed by atoms with Crippen LogP contribution in [0.2, 0.25) is 0 Å². The quantitative estimate of drug-likeness (QED) is 0.314. The fourth-order valence-corrected chi connectivity index (χ4v) is 1.84. The molecule has 0 bridgehead atoms. The molecule has 0 aromatic heterocycles. The van der Waals surface area contributed by atoms with Crippen LogP contribution in [0.15, 0.2) is 0 Å². The van der Waals surface area contributed by atoms with Crippen LogP contribution in [0.5, 0.6) is 0 Å². The molecule has 0 aliphatic carbocycles. The Kier molecular flexibility index (Phi) is 5.26. The van der Waals surface area contributed by atoms with Gasteiger partial charge >= 0.3 is 0 Å². The van der Waals surface area contributed by atoms with Gasteiger partial charge in [-0.15, -0.1) is 0 Å². The first-order valence-corrected chi connectivity index (χ1v) is 5.60. The van der Waals surface area contributed by atoms with E-state index in [0.29, 0.717) is 6.42 Å². The molecular weight excluding hydrogens is 232 g/mol. The Hall–Kier alpha value is -0.280. The molecule has 102 valence electrons. The first-order valence-electron chi connectivity index (χ1n) is 5.60. The van der Waals surface area contributed by atoms with Crippen molar-refractivity contribution in [1.82, 2.24) is 0 Å². The van der Waals surface area contributed by atoms with E-state index in [1.165, 1.54) is 0 Å². The Morgan fingerprint density at radius 3 is 2.53 bits per heavy atom. The Balaban J connectivity index is 2.55. The van der Waals surface area contributed by atoms with Crippen LogP contribution in [0, 0.1) is 0 Å². The Morgan fingerprint density at radius 2 is 1.94 bits per heavy atom. The number of hydrogen-bond donors (Lipinski definition) is 6. The molecule has 0 aromatic carbocycles. The number of aliphatic hydroxyl groups is 6. The molecule has 0 aromatic rings. The zero-order valence-corrected chi connectivity index (χ0v) is 9.44. The monoisotopic (exact) mass is 252 g/mol. The number of rotatable bonds is 5. The van der Waals surface area contributed by atoms with E-state index >= 15 is 0 Å². The van der Waals surface area contributed by atoms with Crippen molar-refractivity contribution in [2.24, 2.45) is 0 Å². The normalized spacial score (nSPS) is 40.2. The largest absolute Gasteiger partial charge is 0.396 e. The van der Waals surface area contributed by atoms with E-state index in [1.54, 1.807) is 0 Å². The van der Waals surface area contributed by atoms with Crippen LogP contribution in [-0.4, -0.2) is 74.1 Å². The third kappa shape index (κ3) is 3.59. The maximum atomic E-state index is 9.93. The standard InChI is InChI=1S/C10H20O7/c11-3-1-2-6(12)4-10(16)9(15)8(14)7(13)5-17-10/h6-9,11-16H,1-5H2/t6?,7-,8+,9-,10-/m1/s1. The molecule has 0 radical (unpaired) electrons. The highest BCUT2D eigenvalue weighted by atomic mass is 16.6. The van der Waals surface area contributed by atoms with Crippen molar-refractivity contribution in [1.29, 1.82) is 0 Å². The molecule has 17 heavy (non-hydrogen) atoms. The van der Waals surface area contributed by atoms with Gasteiger partial charge in [0.2, 0.25) is 0 Å². The number of hydrogen-bond acceptors (Lipinski definition) is 7. The summed E-state index contributed by atoms with van der Waals surface area (Å²) < 4.78 is 4.88. The Morgan fingerprint density at radius 1 is 1.29 bits per heavy atom. The van der Waals surface area contributed by atoms with Crippen molar-refractivity contribution in [3.8, 4) is 0 Å². The maximum Gasteiger partial charge on any atom is 0.197 e. The maximum absolute atomic E-state index is 9.93. The number of aliphatic hydroxyl groups excluding tert-OH is 5. The molecule has 1 aliphatic heterocycles. The van der Waals surface area contributed by atoms with Gasteiger partial charge in [0.15, 0.2) is 5.79 Å². The van der Waals surface area contributed by atoms with E-state index in [4.69, 9.17) is 9.84 Å². The van der Waals surface area contributed by atoms with E-state index in [9.17, 15) is 25.5 Å². The Labute approximate surface area is 98.9 Å². The molecule has 1 rings (SSSR count). The van der Waals surface area contributed by atoms with Gasteiger partial charge in [0, 0.05) is 13.0 Å². The van der Waals surface area contributed by atoms with Crippen molar-refractivity contribution in [3.05, 3.63) is 0 Å². The molecular formula is C10H20O7. The van der Waals surface area contributed by atoms with Crippen LogP contribution in [0.1, 0.15) is 19.3 Å². The van der Waals surface area contributed by atoms with Gasteiger partial charge in [-0.05, 0) is 12.8 Å². The fraction of sp³-hybridized carbons (Fsp3) is 1.00. The molecule has 7 heteroatoms. The predicted molar refractivity (Wildman–Crippen MR) is 55.9 cm³/mol. The van der Waals surface area contributed by atoms with E-state index in [-0.39, 0.29) is 26.1 Å². The molecule has 5 atom stereocenters. The minimum absolute atomic E-state index is 0.0831. The fourth-order valence-electron chi connectivity index (χ4n) is 1.84. The zero-order chi connectivity index (χ0) is 13.1. The molecule has 0 saturated carbocycles. The van der Waals surface area contributed by atoms with Gasteiger partial charge in [-0.3, -0.25) is 0 Å². The van der Waals surface area contributed by atoms with Crippen LogP contribution in [0.4, 0.5) is 0 Å². The average molecular weight is 252 g/mol. The summed E-state index contributed by atoms with van der Waals surface area (Å²) in [5.74, 6) is -2.08. The lowest BCUT2D eigenvalue weighted by molar-refractivity contribution is -0.329. The molecule has 1 saturated heterocycles. The minimum Gasteiger partial charge on any atom is -0.396 e. The van der Waals surface area contributed by atoms with E-state index < -0.39 is 30.2 Å². The highest BCUT2D eigenvalue weighted by Crippen LogP contribution is 2.28. The van der Waals surface area contributed by atoms with Gasteiger partial charge in [-0.1, -0.05) is 0 Å². The SMILES string of the molecule is OCCCC(O)C[C@@]1(O)OC[C@@H](O)[C@H](O)[C@H]1O. The second-order valence-corrected chi connectivity index (χ2v) is 4.38. The molecule has 1 unspecified atom stereocenters. The molecule has 0 spiro atoms. The van der Waals surface area contributed by atoms with E-state index in [2.05, 4.69) is 0 Å². The van der Waals surface area contributed by atoms with Crippen LogP contribution >= 0.6 is 0 Å². The summed E-state index contributed by atoms with van der Waals surface area (Å²) in [6.07, 6.45) is -5.12. The lowest BCUT2D eigenvalue weighted by atomic mass is 9.91. The summed E-state index contributed by atoms with van der Waals surface area (Å²) in [4.78, 5) is 0. The molecule has 1 aliphatic rings. The predicted octanol–water partition coefficient (Wildman–Crippen LogP) is -2.69. The van der Waals surface area contributed by atoms with Crippen LogP contribution < -0.4 is 0 Å². The highest BCUT2D eigenvalue weighted by molar-refractivity contribution is 4.92. The first kappa shape index (κ1) is 14.8. The number of ether oxygens (including phenoxy) is 1. The van der Waals surface area contributed by atoms with Crippen molar-refractivity contribution >= 4 is 0 Å². The topological polar surface area (TPSA) is 131 Å². The van der Waals surface area contributed by atoms with Gasteiger partial charge in [0.1, 0.15) is 18.3 Å². The highest BCUT2D eigenvalue weighted by Gasteiger charge is 2.49. The molecule has 1 heterocycles. The van der Waals surface area contributed by atoms with Gasteiger partial charge < -0.3 is 35.4 Å². The smallest absolute Gasteiger partial charge is 0.197 e. The van der Waals surface area contributed by atoms with E-state index in [0.717, 1.165) is 0 Å². The molecule has 6 N–H and O–H groups in total. The summed E-state index contributed by atoms with van der Waals surface area (Å²) >= 11 is 0. The van der Waals surface area contributed by atoms with Crippen LogP contribution in [0.3, 0.4) is 0 Å².